The topological polar surface area (TPSA) is 73.0 Å². The highest BCUT2D eigenvalue weighted by molar-refractivity contribution is 8.00. The zero-order valence-corrected chi connectivity index (χ0v) is 12.0. The van der Waals surface area contributed by atoms with Crippen molar-refractivity contribution >= 4 is 21.6 Å². The Balaban J connectivity index is 2.83. The van der Waals surface area contributed by atoms with Crippen LogP contribution >= 0.6 is 11.8 Å². The van der Waals surface area contributed by atoms with Crippen LogP contribution < -0.4 is 5.73 Å². The van der Waals surface area contributed by atoms with Gasteiger partial charge in [-0.1, -0.05) is 0 Å². The fraction of sp³-hybridized carbons (Fsp3) is 0.545. The summed E-state index contributed by atoms with van der Waals surface area (Å²) in [6.07, 6.45) is 1.25. The van der Waals surface area contributed by atoms with E-state index < -0.39 is 9.84 Å². The SMILES string of the molecule is Cc1cc(SCCS(C)(=O)=O)c(CN)c(C)n1. The number of aryl methyl sites for hydroxylation is 2. The van der Waals surface area contributed by atoms with Gasteiger partial charge in [0.05, 0.1) is 5.75 Å². The zero-order chi connectivity index (χ0) is 13.1. The maximum atomic E-state index is 11.1. The van der Waals surface area contributed by atoms with Crippen molar-refractivity contribution in [2.24, 2.45) is 5.73 Å². The Hall–Kier alpha value is -0.590. The lowest BCUT2D eigenvalue weighted by Gasteiger charge is -2.11. The summed E-state index contributed by atoms with van der Waals surface area (Å²) in [6, 6.07) is 1.96. The molecule has 0 aliphatic heterocycles. The van der Waals surface area contributed by atoms with Crippen LogP contribution in [0.3, 0.4) is 0 Å². The molecule has 6 heteroatoms. The first-order valence-electron chi connectivity index (χ1n) is 5.31. The first-order valence-corrected chi connectivity index (χ1v) is 8.36. The molecule has 0 amide bonds. The maximum Gasteiger partial charge on any atom is 0.148 e. The molecule has 2 N–H and O–H groups in total. The average molecular weight is 274 g/mol. The van der Waals surface area contributed by atoms with E-state index in [9.17, 15) is 8.42 Å². The molecule has 17 heavy (non-hydrogen) atoms. The predicted octanol–water partition coefficient (Wildman–Crippen LogP) is 1.29. The Labute approximate surface area is 107 Å². The third-order valence-electron chi connectivity index (χ3n) is 2.33. The molecule has 1 heterocycles. The quantitative estimate of drug-likeness (QED) is 0.819. The van der Waals surface area contributed by atoms with Gasteiger partial charge in [-0.2, -0.15) is 0 Å². The van der Waals surface area contributed by atoms with Gasteiger partial charge in [0.25, 0.3) is 0 Å². The lowest BCUT2D eigenvalue weighted by Crippen LogP contribution is -2.07. The van der Waals surface area contributed by atoms with Crippen molar-refractivity contribution in [3.05, 3.63) is 23.0 Å². The van der Waals surface area contributed by atoms with E-state index in [2.05, 4.69) is 4.98 Å². The third kappa shape index (κ3) is 4.65. The first-order chi connectivity index (χ1) is 7.83. The van der Waals surface area contributed by atoms with Gasteiger partial charge in [0.2, 0.25) is 0 Å². The van der Waals surface area contributed by atoms with Gasteiger partial charge in [-0.05, 0) is 19.9 Å². The maximum absolute atomic E-state index is 11.1. The summed E-state index contributed by atoms with van der Waals surface area (Å²) in [5, 5.41) is 0. The second-order valence-electron chi connectivity index (χ2n) is 4.01. The normalized spacial score (nSPS) is 11.8. The molecule has 0 saturated carbocycles. The molecule has 0 atom stereocenters. The lowest BCUT2D eigenvalue weighted by atomic mass is 10.2. The van der Waals surface area contributed by atoms with Crippen molar-refractivity contribution in [2.45, 2.75) is 25.3 Å². The van der Waals surface area contributed by atoms with Crippen LogP contribution in [0.4, 0.5) is 0 Å². The van der Waals surface area contributed by atoms with Crippen molar-refractivity contribution in [1.29, 1.82) is 0 Å². The van der Waals surface area contributed by atoms with Crippen LogP contribution in [0.1, 0.15) is 17.0 Å². The number of thioether (sulfide) groups is 1. The van der Waals surface area contributed by atoms with E-state index in [1.54, 1.807) is 0 Å². The molecule has 1 rings (SSSR count). The summed E-state index contributed by atoms with van der Waals surface area (Å²) in [7, 11) is -2.90. The molecular weight excluding hydrogens is 256 g/mol. The number of nitrogens with two attached hydrogens (primary N) is 1. The van der Waals surface area contributed by atoms with Crippen LogP contribution in [0, 0.1) is 13.8 Å². The number of nitrogens with zero attached hydrogens (tertiary/aromatic N) is 1. The molecule has 96 valence electrons. The molecule has 1 aromatic heterocycles. The minimum absolute atomic E-state index is 0.183. The van der Waals surface area contributed by atoms with Crippen LogP contribution in [0.5, 0.6) is 0 Å². The van der Waals surface area contributed by atoms with Crippen molar-refractivity contribution < 1.29 is 8.42 Å². The molecule has 4 nitrogen and oxygen atoms in total. The molecule has 0 bridgehead atoms. The Morgan fingerprint density at radius 1 is 1.41 bits per heavy atom. The molecule has 0 fully saturated rings. The summed E-state index contributed by atoms with van der Waals surface area (Å²) < 4.78 is 22.1. The van der Waals surface area contributed by atoms with Crippen molar-refractivity contribution in [1.82, 2.24) is 4.98 Å². The van der Waals surface area contributed by atoms with E-state index in [0.717, 1.165) is 21.8 Å². The summed E-state index contributed by atoms with van der Waals surface area (Å²) >= 11 is 1.53. The fourth-order valence-electron chi connectivity index (χ4n) is 1.50. The van der Waals surface area contributed by atoms with E-state index in [1.165, 1.54) is 18.0 Å². The summed E-state index contributed by atoms with van der Waals surface area (Å²) in [5.74, 6) is 0.733. The van der Waals surface area contributed by atoms with Gasteiger partial charge < -0.3 is 5.73 Å². The van der Waals surface area contributed by atoms with Gasteiger partial charge in [0.15, 0.2) is 0 Å². The summed E-state index contributed by atoms with van der Waals surface area (Å²) in [5.41, 5.74) is 8.55. The predicted molar refractivity (Wildman–Crippen MR) is 72.0 cm³/mol. The average Bonchev–Trinajstić information content (AvgIpc) is 2.14. The van der Waals surface area contributed by atoms with Crippen LogP contribution in [-0.4, -0.2) is 31.2 Å². The standard InChI is InChI=1S/C11H18N2O2S2/c1-8-6-11(10(7-12)9(2)13-8)16-4-5-17(3,14)15/h6H,4-5,7,12H2,1-3H3. The van der Waals surface area contributed by atoms with Gasteiger partial charge in [-0.15, -0.1) is 11.8 Å². The molecule has 0 aliphatic rings. The Bertz CT molecular complexity index is 498. The smallest absolute Gasteiger partial charge is 0.148 e. The van der Waals surface area contributed by atoms with Crippen molar-refractivity contribution in [3.63, 3.8) is 0 Å². The van der Waals surface area contributed by atoms with Crippen LogP contribution in [-0.2, 0) is 16.4 Å². The largest absolute Gasteiger partial charge is 0.326 e. The van der Waals surface area contributed by atoms with E-state index in [0.29, 0.717) is 12.3 Å². The van der Waals surface area contributed by atoms with Gasteiger partial charge >= 0.3 is 0 Å². The molecule has 1 aromatic rings. The number of rotatable bonds is 5. The number of hydrogen-bond acceptors (Lipinski definition) is 5. The number of hydrogen-bond donors (Lipinski definition) is 1. The second-order valence-corrected chi connectivity index (χ2v) is 7.40. The lowest BCUT2D eigenvalue weighted by molar-refractivity contribution is 0.603. The van der Waals surface area contributed by atoms with Crippen LogP contribution in [0.2, 0.25) is 0 Å². The van der Waals surface area contributed by atoms with Gasteiger partial charge in [-0.25, -0.2) is 8.42 Å². The highest BCUT2D eigenvalue weighted by Crippen LogP contribution is 2.25. The van der Waals surface area contributed by atoms with E-state index in [-0.39, 0.29) is 5.75 Å². The Kier molecular flexibility index (Phi) is 4.97. The Morgan fingerprint density at radius 3 is 2.59 bits per heavy atom. The van der Waals surface area contributed by atoms with Crippen molar-refractivity contribution in [2.75, 3.05) is 17.8 Å². The minimum atomic E-state index is -2.90. The number of sulfone groups is 1. The molecule has 0 aliphatic carbocycles. The Morgan fingerprint density at radius 2 is 2.06 bits per heavy atom. The molecule has 0 unspecified atom stereocenters. The summed E-state index contributed by atoms with van der Waals surface area (Å²) in [4.78, 5) is 5.39. The molecule has 0 spiro atoms. The molecule has 0 saturated heterocycles. The van der Waals surface area contributed by atoms with E-state index >= 15 is 0 Å². The zero-order valence-electron chi connectivity index (χ0n) is 10.4. The number of pyridine rings is 1. The van der Waals surface area contributed by atoms with Gasteiger partial charge in [-0.3, -0.25) is 4.98 Å². The number of aromatic nitrogens is 1. The molecule has 0 radical (unpaired) electrons. The van der Waals surface area contributed by atoms with Gasteiger partial charge in [0, 0.05) is 40.4 Å². The summed E-state index contributed by atoms with van der Waals surface area (Å²) in [6.45, 7) is 4.28. The van der Waals surface area contributed by atoms with E-state index in [4.69, 9.17) is 5.73 Å². The minimum Gasteiger partial charge on any atom is -0.326 e. The second kappa shape index (κ2) is 5.84. The van der Waals surface area contributed by atoms with Crippen LogP contribution in [0.15, 0.2) is 11.0 Å². The van der Waals surface area contributed by atoms with Gasteiger partial charge in [0.1, 0.15) is 9.84 Å². The first kappa shape index (κ1) is 14.5. The molecule has 0 aromatic carbocycles. The molecular formula is C11H18N2O2S2. The van der Waals surface area contributed by atoms with Crippen LogP contribution in [0.25, 0.3) is 0 Å². The van der Waals surface area contributed by atoms with Crippen molar-refractivity contribution in [3.8, 4) is 0 Å². The highest BCUT2D eigenvalue weighted by Gasteiger charge is 2.09. The monoisotopic (exact) mass is 274 g/mol. The fourth-order valence-corrected chi connectivity index (χ4v) is 3.92. The third-order valence-corrected chi connectivity index (χ3v) is 4.62. The highest BCUT2D eigenvalue weighted by atomic mass is 32.2. The van der Waals surface area contributed by atoms with E-state index in [1.807, 2.05) is 19.9 Å².